The van der Waals surface area contributed by atoms with Gasteiger partial charge in [0.15, 0.2) is 0 Å². The molecule has 0 atom stereocenters. The van der Waals surface area contributed by atoms with Gasteiger partial charge in [-0.1, -0.05) is 54.6 Å². The van der Waals surface area contributed by atoms with Crippen LogP contribution in [0.15, 0.2) is 97.1 Å². The highest BCUT2D eigenvalue weighted by Gasteiger charge is 2.40. The summed E-state index contributed by atoms with van der Waals surface area (Å²) in [7, 11) is 0. The number of benzene rings is 5. The zero-order valence-corrected chi connectivity index (χ0v) is 17.8. The van der Waals surface area contributed by atoms with Gasteiger partial charge >= 0.3 is 0 Å². The summed E-state index contributed by atoms with van der Waals surface area (Å²) in [5.41, 5.74) is 4.71. The summed E-state index contributed by atoms with van der Waals surface area (Å²) < 4.78 is 0. The van der Waals surface area contributed by atoms with E-state index in [2.05, 4.69) is 48.5 Å². The van der Waals surface area contributed by atoms with Crippen molar-refractivity contribution >= 4 is 21.5 Å². The Hall–Kier alpha value is -3.78. The fourth-order valence-electron chi connectivity index (χ4n) is 5.58. The van der Waals surface area contributed by atoms with Gasteiger partial charge in [0.1, 0.15) is 11.5 Å². The minimum atomic E-state index is -0.325. The minimum absolute atomic E-state index is 0.274. The summed E-state index contributed by atoms with van der Waals surface area (Å²) in [4.78, 5) is 0. The van der Waals surface area contributed by atoms with Gasteiger partial charge in [0, 0.05) is 5.41 Å². The van der Waals surface area contributed by atoms with Gasteiger partial charge in [-0.2, -0.15) is 0 Å². The maximum absolute atomic E-state index is 9.95. The van der Waals surface area contributed by atoms with Crippen LogP contribution in [-0.4, -0.2) is 10.2 Å². The van der Waals surface area contributed by atoms with E-state index >= 15 is 0 Å². The molecule has 2 N–H and O–H groups in total. The van der Waals surface area contributed by atoms with Crippen LogP contribution in [0.2, 0.25) is 0 Å². The average molecular weight is 417 g/mol. The number of fused-ring (bicyclic) bond motifs is 3. The smallest absolute Gasteiger partial charge is 0.115 e. The van der Waals surface area contributed by atoms with Gasteiger partial charge < -0.3 is 10.2 Å². The normalized spacial score (nSPS) is 15.0. The van der Waals surface area contributed by atoms with Crippen molar-refractivity contribution in [3.05, 3.63) is 119 Å². The van der Waals surface area contributed by atoms with E-state index in [1.165, 1.54) is 43.8 Å². The van der Waals surface area contributed by atoms with E-state index in [-0.39, 0.29) is 16.9 Å². The van der Waals surface area contributed by atoms with Gasteiger partial charge in [0.2, 0.25) is 0 Å². The summed E-state index contributed by atoms with van der Waals surface area (Å²) in [5, 5.41) is 24.9. The fraction of sp³-hybridized carbons (Fsp3) is 0.133. The first-order chi connectivity index (χ1) is 15.6. The number of aromatic hydroxyl groups is 2. The molecule has 0 aromatic heterocycles. The molecule has 0 spiro atoms. The Bertz CT molecular complexity index is 1400. The zero-order valence-electron chi connectivity index (χ0n) is 17.8. The highest BCUT2D eigenvalue weighted by Crippen LogP contribution is 2.49. The van der Waals surface area contributed by atoms with E-state index in [4.69, 9.17) is 0 Å². The molecule has 0 saturated carbocycles. The number of hydrogen-bond acceptors (Lipinski definition) is 2. The molecule has 5 aromatic rings. The van der Waals surface area contributed by atoms with Gasteiger partial charge in [-0.25, -0.2) is 0 Å². The van der Waals surface area contributed by atoms with Crippen LogP contribution < -0.4 is 0 Å². The molecule has 0 unspecified atom stereocenters. The molecule has 2 heteroatoms. The van der Waals surface area contributed by atoms with Crippen LogP contribution in [0.25, 0.3) is 21.5 Å². The summed E-state index contributed by atoms with van der Waals surface area (Å²) >= 11 is 0. The van der Waals surface area contributed by atoms with E-state index in [0.29, 0.717) is 0 Å². The quantitative estimate of drug-likeness (QED) is 0.302. The van der Waals surface area contributed by atoms with Crippen LogP contribution in [0.1, 0.15) is 35.1 Å². The highest BCUT2D eigenvalue weighted by molar-refractivity contribution is 5.99. The summed E-state index contributed by atoms with van der Waals surface area (Å²) in [6.45, 7) is 0. The molecule has 2 nitrogen and oxygen atoms in total. The van der Waals surface area contributed by atoms with Crippen LogP contribution >= 0.6 is 0 Å². The lowest BCUT2D eigenvalue weighted by Gasteiger charge is -2.41. The molecule has 6 rings (SSSR count). The first-order valence-corrected chi connectivity index (χ1v) is 11.2. The molecule has 0 radical (unpaired) electrons. The number of aryl methyl sites for hydroxylation is 1. The van der Waals surface area contributed by atoms with Gasteiger partial charge in [-0.3, -0.25) is 0 Å². The molecule has 1 aliphatic rings. The maximum atomic E-state index is 9.95. The first kappa shape index (κ1) is 18.9. The molecule has 0 aliphatic heterocycles. The molecule has 0 fully saturated rings. The van der Waals surface area contributed by atoms with Crippen LogP contribution in [-0.2, 0) is 11.8 Å². The second-order valence-corrected chi connectivity index (χ2v) is 8.91. The number of phenols is 2. The Labute approximate surface area is 187 Å². The van der Waals surface area contributed by atoms with Crippen LogP contribution in [0, 0.1) is 0 Å². The molecule has 0 amide bonds. The monoisotopic (exact) mass is 416 g/mol. The van der Waals surface area contributed by atoms with E-state index in [0.717, 1.165) is 19.3 Å². The number of phenolic OH excluding ortho intramolecular Hbond substituents is 2. The summed E-state index contributed by atoms with van der Waals surface area (Å²) in [6, 6.07) is 33.1. The predicted molar refractivity (Wildman–Crippen MR) is 130 cm³/mol. The summed E-state index contributed by atoms with van der Waals surface area (Å²) in [5.74, 6) is 0.547. The standard InChI is InChI=1S/C30H24O2/c31-27-11-7-25(8-12-27)30(26-9-13-28(32)14-10-26)15-3-6-22-18-23-16-20-4-1-2-5-21(20)17-24(23)19-29(22)30/h1-2,4-5,7-14,16-19,31-32H,3,6,15H2. The highest BCUT2D eigenvalue weighted by atomic mass is 16.3. The van der Waals surface area contributed by atoms with E-state index < -0.39 is 0 Å². The van der Waals surface area contributed by atoms with E-state index in [9.17, 15) is 10.2 Å². The molecule has 0 bridgehead atoms. The minimum Gasteiger partial charge on any atom is -0.508 e. The third kappa shape index (κ3) is 2.87. The maximum Gasteiger partial charge on any atom is 0.115 e. The molecule has 5 aromatic carbocycles. The zero-order chi connectivity index (χ0) is 21.7. The van der Waals surface area contributed by atoms with Crippen molar-refractivity contribution < 1.29 is 10.2 Å². The van der Waals surface area contributed by atoms with E-state index in [1.807, 2.05) is 24.3 Å². The molecular weight excluding hydrogens is 392 g/mol. The number of rotatable bonds is 2. The van der Waals surface area contributed by atoms with Gasteiger partial charge in [-0.15, -0.1) is 0 Å². The van der Waals surface area contributed by atoms with Crippen LogP contribution in [0.3, 0.4) is 0 Å². The van der Waals surface area contributed by atoms with Gasteiger partial charge in [0.05, 0.1) is 0 Å². The van der Waals surface area contributed by atoms with Gasteiger partial charge in [0.25, 0.3) is 0 Å². The van der Waals surface area contributed by atoms with Crippen molar-refractivity contribution in [2.75, 3.05) is 0 Å². The molecule has 0 heterocycles. The van der Waals surface area contributed by atoms with Crippen LogP contribution in [0.5, 0.6) is 11.5 Å². The Morgan fingerprint density at radius 2 is 1.09 bits per heavy atom. The second-order valence-electron chi connectivity index (χ2n) is 8.91. The SMILES string of the molecule is Oc1ccc(C2(c3ccc(O)cc3)CCCc3cc4cc5ccccc5cc4cc32)cc1. The lowest BCUT2D eigenvalue weighted by atomic mass is 9.62. The third-order valence-electron chi connectivity index (χ3n) is 7.10. The Balaban J connectivity index is 1.67. The summed E-state index contributed by atoms with van der Waals surface area (Å²) in [6.07, 6.45) is 3.11. The molecule has 32 heavy (non-hydrogen) atoms. The lowest BCUT2D eigenvalue weighted by molar-refractivity contribution is 0.468. The number of hydrogen-bond donors (Lipinski definition) is 2. The second kappa shape index (κ2) is 7.13. The molecule has 0 saturated heterocycles. The largest absolute Gasteiger partial charge is 0.508 e. The topological polar surface area (TPSA) is 40.5 Å². The van der Waals surface area contributed by atoms with E-state index in [1.54, 1.807) is 24.3 Å². The van der Waals surface area contributed by atoms with Gasteiger partial charge in [-0.05, 0) is 106 Å². The van der Waals surface area contributed by atoms with Crippen molar-refractivity contribution in [3.8, 4) is 11.5 Å². The predicted octanol–water partition coefficient (Wildman–Crippen LogP) is 7.07. The lowest BCUT2D eigenvalue weighted by Crippen LogP contribution is -2.33. The fourth-order valence-corrected chi connectivity index (χ4v) is 5.58. The molecular formula is C30H24O2. The Morgan fingerprint density at radius 1 is 0.562 bits per heavy atom. The first-order valence-electron chi connectivity index (χ1n) is 11.2. The van der Waals surface area contributed by atoms with Crippen molar-refractivity contribution in [2.45, 2.75) is 24.7 Å². The Kier molecular flexibility index (Phi) is 4.22. The third-order valence-corrected chi connectivity index (χ3v) is 7.10. The Morgan fingerprint density at radius 3 is 1.66 bits per heavy atom. The van der Waals surface area contributed by atoms with Crippen molar-refractivity contribution in [2.24, 2.45) is 0 Å². The van der Waals surface area contributed by atoms with Crippen molar-refractivity contribution in [3.63, 3.8) is 0 Å². The van der Waals surface area contributed by atoms with Crippen molar-refractivity contribution in [1.82, 2.24) is 0 Å². The van der Waals surface area contributed by atoms with Crippen LogP contribution in [0.4, 0.5) is 0 Å². The van der Waals surface area contributed by atoms with Crippen molar-refractivity contribution in [1.29, 1.82) is 0 Å². The molecule has 1 aliphatic carbocycles. The molecule has 156 valence electrons. The average Bonchev–Trinajstić information content (AvgIpc) is 2.82.